The average Bonchev–Trinajstić information content (AvgIpc) is 2.87. The summed E-state index contributed by atoms with van der Waals surface area (Å²) in [7, 11) is 0. The molecular weight excluding hydrogens is 273 g/mol. The lowest BCUT2D eigenvalue weighted by molar-refractivity contribution is -0.0222. The first kappa shape index (κ1) is 14.2. The summed E-state index contributed by atoms with van der Waals surface area (Å²) in [5.74, 6) is 0.266. The zero-order valence-electron chi connectivity index (χ0n) is 11.9. The average molecular weight is 291 g/mol. The van der Waals surface area contributed by atoms with Crippen molar-refractivity contribution in [3.8, 4) is 11.5 Å². The number of nitrogens with zero attached hydrogens (tertiary/aromatic N) is 2. The molecule has 6 heteroatoms. The van der Waals surface area contributed by atoms with E-state index in [4.69, 9.17) is 15.0 Å². The maximum Gasteiger partial charge on any atom is 0.258 e. The molecule has 1 aliphatic carbocycles. The Labute approximate surface area is 122 Å². The van der Waals surface area contributed by atoms with Crippen molar-refractivity contribution < 1.29 is 13.7 Å². The van der Waals surface area contributed by atoms with E-state index in [2.05, 4.69) is 10.1 Å². The van der Waals surface area contributed by atoms with Crippen LogP contribution in [0.15, 0.2) is 28.8 Å². The van der Waals surface area contributed by atoms with Crippen LogP contribution < -0.4 is 5.73 Å². The van der Waals surface area contributed by atoms with Crippen molar-refractivity contribution in [2.75, 3.05) is 6.61 Å². The molecule has 21 heavy (non-hydrogen) atoms. The summed E-state index contributed by atoms with van der Waals surface area (Å²) in [6.45, 7) is 2.13. The molecule has 1 heterocycles. The molecule has 0 aliphatic heterocycles. The quantitative estimate of drug-likeness (QED) is 0.916. The van der Waals surface area contributed by atoms with E-state index in [9.17, 15) is 4.39 Å². The SMILES string of the molecule is CC(N)(COC1CCC1)c1noc(-c2cccc(F)c2)n1. The summed E-state index contributed by atoms with van der Waals surface area (Å²) in [6.07, 6.45) is 3.66. The molecule has 0 spiro atoms. The molecule has 1 atom stereocenters. The summed E-state index contributed by atoms with van der Waals surface area (Å²) in [5.41, 5.74) is 5.91. The molecular formula is C15H18FN3O2. The maximum atomic E-state index is 13.2. The Balaban J connectivity index is 1.73. The Morgan fingerprint density at radius 1 is 1.48 bits per heavy atom. The van der Waals surface area contributed by atoms with Gasteiger partial charge < -0.3 is 15.0 Å². The lowest BCUT2D eigenvalue weighted by Crippen LogP contribution is -2.41. The van der Waals surface area contributed by atoms with Gasteiger partial charge in [-0.25, -0.2) is 4.39 Å². The molecule has 2 N–H and O–H groups in total. The van der Waals surface area contributed by atoms with Crippen molar-refractivity contribution in [2.45, 2.75) is 37.8 Å². The number of ether oxygens (including phenoxy) is 1. The smallest absolute Gasteiger partial charge is 0.258 e. The van der Waals surface area contributed by atoms with Gasteiger partial charge >= 0.3 is 0 Å². The largest absolute Gasteiger partial charge is 0.376 e. The molecule has 1 aromatic heterocycles. The van der Waals surface area contributed by atoms with E-state index in [-0.39, 0.29) is 11.7 Å². The van der Waals surface area contributed by atoms with Crippen LogP contribution in [0.5, 0.6) is 0 Å². The Hall–Kier alpha value is -1.79. The minimum Gasteiger partial charge on any atom is -0.376 e. The van der Waals surface area contributed by atoms with Crippen LogP contribution in [0.1, 0.15) is 32.0 Å². The van der Waals surface area contributed by atoms with E-state index >= 15 is 0 Å². The van der Waals surface area contributed by atoms with Crippen molar-refractivity contribution in [2.24, 2.45) is 5.73 Å². The van der Waals surface area contributed by atoms with Gasteiger partial charge in [0.05, 0.1) is 12.7 Å². The Morgan fingerprint density at radius 3 is 2.95 bits per heavy atom. The predicted octanol–water partition coefficient (Wildman–Crippen LogP) is 2.62. The van der Waals surface area contributed by atoms with Gasteiger partial charge in [0.1, 0.15) is 11.4 Å². The van der Waals surface area contributed by atoms with Gasteiger partial charge in [-0.15, -0.1) is 0 Å². The van der Waals surface area contributed by atoms with Crippen molar-refractivity contribution >= 4 is 0 Å². The molecule has 0 amide bonds. The van der Waals surface area contributed by atoms with Crippen LogP contribution in [0.3, 0.4) is 0 Å². The highest BCUT2D eigenvalue weighted by Crippen LogP contribution is 2.26. The molecule has 1 unspecified atom stereocenters. The fourth-order valence-electron chi connectivity index (χ4n) is 2.09. The van der Waals surface area contributed by atoms with Gasteiger partial charge in [0, 0.05) is 5.56 Å². The first-order valence-corrected chi connectivity index (χ1v) is 7.05. The minimum absolute atomic E-state index is 0.254. The molecule has 2 aromatic rings. The molecule has 1 saturated carbocycles. The number of rotatable bonds is 5. The predicted molar refractivity (Wildman–Crippen MR) is 74.8 cm³/mol. The number of aromatic nitrogens is 2. The standard InChI is InChI=1S/C15H18FN3O2/c1-15(17,9-20-12-6-3-7-12)14-18-13(21-19-14)10-4-2-5-11(16)8-10/h2,4-5,8,12H,3,6-7,9,17H2,1H3. The van der Waals surface area contributed by atoms with E-state index in [1.165, 1.54) is 18.6 Å². The third kappa shape index (κ3) is 3.11. The summed E-state index contributed by atoms with van der Waals surface area (Å²) in [5, 5.41) is 3.90. The van der Waals surface area contributed by atoms with Gasteiger partial charge in [0.15, 0.2) is 5.82 Å². The number of nitrogens with two attached hydrogens (primary N) is 1. The summed E-state index contributed by atoms with van der Waals surface area (Å²) < 4.78 is 24.1. The zero-order chi connectivity index (χ0) is 14.9. The summed E-state index contributed by atoms with van der Waals surface area (Å²) in [6, 6.07) is 6.01. The van der Waals surface area contributed by atoms with E-state index in [0.29, 0.717) is 24.1 Å². The van der Waals surface area contributed by atoms with Crippen molar-refractivity contribution in [1.29, 1.82) is 0 Å². The molecule has 5 nitrogen and oxygen atoms in total. The number of halogens is 1. The summed E-state index contributed by atoms with van der Waals surface area (Å²) in [4.78, 5) is 4.27. The lowest BCUT2D eigenvalue weighted by Gasteiger charge is -2.29. The van der Waals surface area contributed by atoms with Gasteiger partial charge in [-0.1, -0.05) is 11.2 Å². The zero-order valence-corrected chi connectivity index (χ0v) is 11.9. The van der Waals surface area contributed by atoms with Crippen LogP contribution in [-0.4, -0.2) is 22.9 Å². The molecule has 3 rings (SSSR count). The molecule has 1 fully saturated rings. The molecule has 112 valence electrons. The molecule has 0 saturated heterocycles. The topological polar surface area (TPSA) is 74.2 Å². The Kier molecular flexibility index (Phi) is 3.73. The Morgan fingerprint density at radius 2 is 2.29 bits per heavy atom. The van der Waals surface area contributed by atoms with Crippen LogP contribution in [-0.2, 0) is 10.3 Å². The highest BCUT2D eigenvalue weighted by atomic mass is 19.1. The van der Waals surface area contributed by atoms with Crippen molar-refractivity contribution in [3.63, 3.8) is 0 Å². The first-order valence-electron chi connectivity index (χ1n) is 7.05. The summed E-state index contributed by atoms with van der Waals surface area (Å²) >= 11 is 0. The van der Waals surface area contributed by atoms with E-state index < -0.39 is 5.54 Å². The minimum atomic E-state index is -0.829. The normalized spacial score (nSPS) is 18.2. The number of benzene rings is 1. The monoisotopic (exact) mass is 291 g/mol. The first-order chi connectivity index (χ1) is 10.0. The molecule has 1 aliphatic rings. The van der Waals surface area contributed by atoms with Crippen molar-refractivity contribution in [3.05, 3.63) is 35.9 Å². The lowest BCUT2D eigenvalue weighted by atomic mass is 9.95. The number of hydrogen-bond acceptors (Lipinski definition) is 5. The third-order valence-electron chi connectivity index (χ3n) is 3.68. The van der Waals surface area contributed by atoms with Gasteiger partial charge in [-0.3, -0.25) is 0 Å². The highest BCUT2D eigenvalue weighted by Gasteiger charge is 2.30. The van der Waals surface area contributed by atoms with Crippen LogP contribution in [0.25, 0.3) is 11.5 Å². The fourth-order valence-corrected chi connectivity index (χ4v) is 2.09. The van der Waals surface area contributed by atoms with E-state index in [1.54, 1.807) is 19.1 Å². The Bertz CT molecular complexity index is 623. The van der Waals surface area contributed by atoms with Gasteiger partial charge in [-0.05, 0) is 44.4 Å². The van der Waals surface area contributed by atoms with E-state index in [1.807, 2.05) is 0 Å². The maximum absolute atomic E-state index is 13.2. The van der Waals surface area contributed by atoms with Crippen LogP contribution in [0.2, 0.25) is 0 Å². The third-order valence-corrected chi connectivity index (χ3v) is 3.68. The van der Waals surface area contributed by atoms with Gasteiger partial charge in [0.2, 0.25) is 0 Å². The molecule has 0 bridgehead atoms. The molecule has 1 aromatic carbocycles. The number of hydrogen-bond donors (Lipinski definition) is 1. The van der Waals surface area contributed by atoms with Crippen LogP contribution >= 0.6 is 0 Å². The molecule has 0 radical (unpaired) electrons. The second-order valence-corrected chi connectivity index (χ2v) is 5.71. The second-order valence-electron chi connectivity index (χ2n) is 5.71. The van der Waals surface area contributed by atoms with E-state index in [0.717, 1.165) is 12.8 Å². The second kappa shape index (κ2) is 5.54. The van der Waals surface area contributed by atoms with Crippen LogP contribution in [0.4, 0.5) is 4.39 Å². The van der Waals surface area contributed by atoms with Gasteiger partial charge in [0.25, 0.3) is 5.89 Å². The van der Waals surface area contributed by atoms with Crippen LogP contribution in [0, 0.1) is 5.82 Å². The van der Waals surface area contributed by atoms with Crippen molar-refractivity contribution in [1.82, 2.24) is 10.1 Å². The van der Waals surface area contributed by atoms with Gasteiger partial charge in [-0.2, -0.15) is 4.98 Å². The fraction of sp³-hybridized carbons (Fsp3) is 0.467. The highest BCUT2D eigenvalue weighted by molar-refractivity contribution is 5.52.